The van der Waals surface area contributed by atoms with Crippen LogP contribution in [-0.2, 0) is 0 Å². The van der Waals surface area contributed by atoms with E-state index in [9.17, 15) is 0 Å². The van der Waals surface area contributed by atoms with E-state index in [-0.39, 0.29) is 0 Å². The van der Waals surface area contributed by atoms with Crippen molar-refractivity contribution in [2.24, 2.45) is 0 Å². The third-order valence-electron chi connectivity index (χ3n) is 2.17. The molecule has 0 fully saturated rings. The Morgan fingerprint density at radius 3 is 2.58 bits per heavy atom. The minimum absolute atomic E-state index is 0.352. The summed E-state index contributed by atoms with van der Waals surface area (Å²) in [6.45, 7) is 12.0. The summed E-state index contributed by atoms with van der Waals surface area (Å²) >= 11 is 0. The van der Waals surface area contributed by atoms with E-state index in [4.69, 9.17) is 0 Å². The fourth-order valence-electron chi connectivity index (χ4n) is 1.43. The van der Waals surface area contributed by atoms with Gasteiger partial charge in [-0.2, -0.15) is 0 Å². The number of rotatable bonds is 2. The quantitative estimate of drug-likeness (QED) is 0.618. The molecule has 0 bridgehead atoms. The zero-order chi connectivity index (χ0) is 9.14. The van der Waals surface area contributed by atoms with Crippen LogP contribution in [0.5, 0.6) is 0 Å². The van der Waals surface area contributed by atoms with Crippen LogP contribution in [0.4, 0.5) is 0 Å². The second-order valence-electron chi connectivity index (χ2n) is 3.17. The van der Waals surface area contributed by atoms with Gasteiger partial charge in [0.15, 0.2) is 0 Å². The molecule has 1 aromatic rings. The van der Waals surface area contributed by atoms with E-state index in [0.717, 1.165) is 0 Å². The summed E-state index contributed by atoms with van der Waals surface area (Å²) in [5, 5.41) is 0. The van der Waals surface area contributed by atoms with Gasteiger partial charge in [0.2, 0.25) is 0 Å². The Balaban J connectivity index is 3.22. The lowest BCUT2D eigenvalue weighted by atomic mass is 9.94. The maximum absolute atomic E-state index is 4.01. The van der Waals surface area contributed by atoms with Crippen LogP contribution in [-0.4, -0.2) is 0 Å². The molecule has 0 heterocycles. The molecule has 1 unspecified atom stereocenters. The first kappa shape index (κ1) is 9.05. The van der Waals surface area contributed by atoms with Crippen LogP contribution in [0, 0.1) is 13.8 Å². The van der Waals surface area contributed by atoms with Crippen molar-refractivity contribution in [3.63, 3.8) is 0 Å². The molecule has 0 amide bonds. The molecule has 0 saturated carbocycles. The third-order valence-corrected chi connectivity index (χ3v) is 2.17. The molecule has 0 saturated heterocycles. The smallest absolute Gasteiger partial charge is 0.0187 e. The van der Waals surface area contributed by atoms with Crippen molar-refractivity contribution in [2.75, 3.05) is 0 Å². The van der Waals surface area contributed by atoms with E-state index < -0.39 is 0 Å². The van der Waals surface area contributed by atoms with Crippen molar-refractivity contribution in [3.8, 4) is 0 Å². The van der Waals surface area contributed by atoms with Crippen LogP contribution in [0.3, 0.4) is 0 Å². The van der Waals surface area contributed by atoms with Gasteiger partial charge in [-0.15, -0.1) is 0 Å². The minimum atomic E-state index is 0.352. The average molecular weight is 159 g/mol. The van der Waals surface area contributed by atoms with Crippen LogP contribution in [0.1, 0.15) is 29.5 Å². The van der Waals surface area contributed by atoms with Crippen LogP contribution in [0.25, 0.3) is 6.08 Å². The van der Waals surface area contributed by atoms with Crippen molar-refractivity contribution < 1.29 is 0 Å². The van der Waals surface area contributed by atoms with Gasteiger partial charge < -0.3 is 0 Å². The predicted molar refractivity (Wildman–Crippen MR) is 55.0 cm³/mol. The Labute approximate surface area is 74.9 Å². The van der Waals surface area contributed by atoms with Crippen molar-refractivity contribution >= 4 is 6.08 Å². The van der Waals surface area contributed by atoms with Gasteiger partial charge in [0.1, 0.15) is 0 Å². The highest BCUT2D eigenvalue weighted by molar-refractivity contribution is 5.54. The highest BCUT2D eigenvalue weighted by atomic mass is 14.1. The van der Waals surface area contributed by atoms with E-state index in [2.05, 4.69) is 45.5 Å². The van der Waals surface area contributed by atoms with E-state index >= 15 is 0 Å². The molecule has 1 aromatic carbocycles. The normalized spacial score (nSPS) is 10.3. The molecule has 0 spiro atoms. The summed E-state index contributed by atoms with van der Waals surface area (Å²) in [6, 6.07) is 6.26. The van der Waals surface area contributed by atoms with Gasteiger partial charge in [-0.25, -0.2) is 0 Å². The van der Waals surface area contributed by atoms with Crippen LogP contribution in [0.15, 0.2) is 24.8 Å². The van der Waals surface area contributed by atoms with E-state index in [1.54, 1.807) is 0 Å². The molecule has 1 radical (unpaired) electrons. The van der Waals surface area contributed by atoms with E-state index in [1.165, 1.54) is 16.7 Å². The first-order valence-corrected chi connectivity index (χ1v) is 4.22. The van der Waals surface area contributed by atoms with Gasteiger partial charge >= 0.3 is 0 Å². The second kappa shape index (κ2) is 3.57. The molecule has 0 aliphatic rings. The maximum Gasteiger partial charge on any atom is -0.0187 e. The SMILES string of the molecule is [CH2]C(C)c1cccc(C=C)c1C. The number of hydrogen-bond acceptors (Lipinski definition) is 0. The lowest BCUT2D eigenvalue weighted by Gasteiger charge is -2.11. The molecule has 0 aromatic heterocycles. The van der Waals surface area contributed by atoms with E-state index in [1.807, 2.05) is 6.08 Å². The first-order chi connectivity index (χ1) is 5.66. The minimum Gasteiger partial charge on any atom is -0.0985 e. The van der Waals surface area contributed by atoms with Crippen LogP contribution >= 0.6 is 0 Å². The van der Waals surface area contributed by atoms with Crippen molar-refractivity contribution in [1.82, 2.24) is 0 Å². The third kappa shape index (κ3) is 1.58. The lowest BCUT2D eigenvalue weighted by Crippen LogP contribution is -1.93. The Morgan fingerprint density at radius 2 is 2.08 bits per heavy atom. The summed E-state index contributed by atoms with van der Waals surface area (Å²) in [5.41, 5.74) is 3.82. The molecular formula is C12H15. The van der Waals surface area contributed by atoms with Gasteiger partial charge in [-0.3, -0.25) is 0 Å². The summed E-state index contributed by atoms with van der Waals surface area (Å²) in [7, 11) is 0. The average Bonchev–Trinajstić information content (AvgIpc) is 2.04. The highest BCUT2D eigenvalue weighted by Crippen LogP contribution is 2.21. The topological polar surface area (TPSA) is 0 Å². The van der Waals surface area contributed by atoms with Gasteiger partial charge in [0.25, 0.3) is 0 Å². The Kier molecular flexibility index (Phi) is 2.69. The summed E-state index contributed by atoms with van der Waals surface area (Å²) in [4.78, 5) is 0. The molecule has 12 heavy (non-hydrogen) atoms. The van der Waals surface area contributed by atoms with Crippen LogP contribution in [0.2, 0.25) is 0 Å². The lowest BCUT2D eigenvalue weighted by molar-refractivity contribution is 0.948. The Morgan fingerprint density at radius 1 is 1.42 bits per heavy atom. The van der Waals surface area contributed by atoms with Crippen molar-refractivity contribution in [3.05, 3.63) is 48.4 Å². The van der Waals surface area contributed by atoms with Crippen LogP contribution < -0.4 is 0 Å². The fourth-order valence-corrected chi connectivity index (χ4v) is 1.43. The van der Waals surface area contributed by atoms with Gasteiger partial charge in [0, 0.05) is 0 Å². The molecule has 0 nitrogen and oxygen atoms in total. The molecule has 1 rings (SSSR count). The molecule has 0 aliphatic heterocycles. The molecule has 1 atom stereocenters. The van der Waals surface area contributed by atoms with Crippen molar-refractivity contribution in [2.45, 2.75) is 19.8 Å². The Hall–Kier alpha value is -1.04. The van der Waals surface area contributed by atoms with Gasteiger partial charge in [0.05, 0.1) is 0 Å². The summed E-state index contributed by atoms with van der Waals surface area (Å²) in [5.74, 6) is 0.352. The zero-order valence-electron chi connectivity index (χ0n) is 7.80. The van der Waals surface area contributed by atoms with Gasteiger partial charge in [-0.05, 0) is 36.5 Å². The molecular weight excluding hydrogens is 144 g/mol. The van der Waals surface area contributed by atoms with Gasteiger partial charge in [-0.1, -0.05) is 37.8 Å². The standard InChI is InChI=1S/C12H15/c1-5-11-7-6-8-12(9(2)3)10(11)4/h5-9H,1-2H2,3-4H3. The maximum atomic E-state index is 4.01. The largest absolute Gasteiger partial charge is 0.0985 e. The zero-order valence-corrected chi connectivity index (χ0v) is 7.80. The Bertz CT molecular complexity index is 282. The molecule has 0 N–H and O–H groups in total. The second-order valence-corrected chi connectivity index (χ2v) is 3.17. The summed E-state index contributed by atoms with van der Waals surface area (Å²) in [6.07, 6.45) is 1.89. The monoisotopic (exact) mass is 159 g/mol. The molecule has 0 aliphatic carbocycles. The predicted octanol–water partition coefficient (Wildman–Crippen LogP) is 3.58. The summed E-state index contributed by atoms with van der Waals surface area (Å²) < 4.78 is 0. The number of hydrogen-bond donors (Lipinski definition) is 0. The fraction of sp³-hybridized carbons (Fsp3) is 0.250. The molecule has 63 valence electrons. The van der Waals surface area contributed by atoms with E-state index in [0.29, 0.717) is 5.92 Å². The van der Waals surface area contributed by atoms with Crippen molar-refractivity contribution in [1.29, 1.82) is 0 Å². The highest BCUT2D eigenvalue weighted by Gasteiger charge is 2.04. The number of benzene rings is 1. The first-order valence-electron chi connectivity index (χ1n) is 4.22. The molecule has 0 heteroatoms.